The lowest BCUT2D eigenvalue weighted by atomic mass is 10.3. The van der Waals surface area contributed by atoms with Gasteiger partial charge in [0.2, 0.25) is 10.0 Å². The molecule has 2 rings (SSSR count). The number of halogens is 1. The third-order valence-electron chi connectivity index (χ3n) is 3.10. The van der Waals surface area contributed by atoms with Gasteiger partial charge in [-0.15, -0.1) is 0 Å². The van der Waals surface area contributed by atoms with E-state index in [4.69, 9.17) is 0 Å². The van der Waals surface area contributed by atoms with E-state index in [0.717, 1.165) is 12.8 Å². The van der Waals surface area contributed by atoms with E-state index in [1.165, 1.54) is 0 Å². The lowest BCUT2D eigenvalue weighted by Gasteiger charge is -2.10. The van der Waals surface area contributed by atoms with E-state index in [-0.39, 0.29) is 10.9 Å². The lowest BCUT2D eigenvalue weighted by Crippen LogP contribution is -2.28. The summed E-state index contributed by atoms with van der Waals surface area (Å²) in [6, 6.07) is 1.63. The maximum Gasteiger partial charge on any atom is 0.244 e. The number of aromatic nitrogens is 1. The van der Waals surface area contributed by atoms with E-state index in [2.05, 4.69) is 37.9 Å². The van der Waals surface area contributed by atoms with Crippen LogP contribution >= 0.6 is 15.9 Å². The molecule has 1 aromatic heterocycles. The first kappa shape index (κ1) is 13.8. The summed E-state index contributed by atoms with van der Waals surface area (Å²) >= 11 is 3.24. The molecule has 0 amide bonds. The summed E-state index contributed by atoms with van der Waals surface area (Å²) in [6.45, 7) is 2.07. The Labute approximate surface area is 116 Å². The van der Waals surface area contributed by atoms with Crippen molar-refractivity contribution < 1.29 is 8.42 Å². The number of nitrogens with zero attached hydrogens (tertiary/aromatic N) is 1. The van der Waals surface area contributed by atoms with Crippen molar-refractivity contribution in [2.45, 2.75) is 30.7 Å². The van der Waals surface area contributed by atoms with Crippen LogP contribution in [0.4, 0.5) is 5.82 Å². The maximum atomic E-state index is 12.3. The van der Waals surface area contributed by atoms with Gasteiger partial charge in [-0.2, -0.15) is 0 Å². The van der Waals surface area contributed by atoms with E-state index < -0.39 is 10.0 Å². The molecule has 0 bridgehead atoms. The number of anilines is 1. The molecule has 0 saturated heterocycles. The number of rotatable bonds is 5. The van der Waals surface area contributed by atoms with E-state index >= 15 is 0 Å². The molecule has 0 aromatic carbocycles. The molecule has 18 heavy (non-hydrogen) atoms. The Morgan fingerprint density at radius 2 is 2.28 bits per heavy atom. The average molecular weight is 334 g/mol. The van der Waals surface area contributed by atoms with Gasteiger partial charge in [0.15, 0.2) is 0 Å². The van der Waals surface area contributed by atoms with E-state index in [1.807, 2.05) is 0 Å². The molecule has 1 fully saturated rings. The van der Waals surface area contributed by atoms with Crippen LogP contribution in [0, 0.1) is 5.92 Å². The normalized spacial score (nSPS) is 22.8. The fourth-order valence-corrected chi connectivity index (χ4v) is 3.91. The predicted octanol–water partition coefficient (Wildman–Crippen LogP) is 1.96. The van der Waals surface area contributed by atoms with Crippen molar-refractivity contribution in [3.8, 4) is 0 Å². The highest BCUT2D eigenvalue weighted by Gasteiger charge is 2.39. The monoisotopic (exact) mass is 333 g/mol. The Kier molecular flexibility index (Phi) is 3.93. The molecule has 5 nitrogen and oxygen atoms in total. The first-order valence-electron chi connectivity index (χ1n) is 5.83. The first-order chi connectivity index (χ1) is 8.47. The average Bonchev–Trinajstić information content (AvgIpc) is 3.06. The molecule has 0 radical (unpaired) electrons. The smallest absolute Gasteiger partial charge is 0.244 e. The Bertz CT molecular complexity index is 547. The minimum Gasteiger partial charge on any atom is -0.372 e. The molecule has 0 aliphatic heterocycles. The molecule has 1 aromatic rings. The van der Waals surface area contributed by atoms with Crippen molar-refractivity contribution in [2.24, 2.45) is 5.92 Å². The van der Waals surface area contributed by atoms with Gasteiger partial charge in [-0.1, -0.05) is 13.3 Å². The van der Waals surface area contributed by atoms with E-state index in [1.54, 1.807) is 19.3 Å². The van der Waals surface area contributed by atoms with Gasteiger partial charge in [0.05, 0.1) is 0 Å². The summed E-state index contributed by atoms with van der Waals surface area (Å²) < 4.78 is 27.9. The topological polar surface area (TPSA) is 71.1 Å². The van der Waals surface area contributed by atoms with Gasteiger partial charge in [-0.3, -0.25) is 0 Å². The van der Waals surface area contributed by atoms with Gasteiger partial charge in [-0.25, -0.2) is 18.1 Å². The Balaban J connectivity index is 2.26. The number of nitrogens with one attached hydrogen (secondary N) is 2. The van der Waals surface area contributed by atoms with Gasteiger partial charge < -0.3 is 5.32 Å². The molecule has 100 valence electrons. The Morgan fingerprint density at radius 3 is 2.83 bits per heavy atom. The SMILES string of the molecule is CCC1CC1NS(=O)(=O)c1cc(Br)cnc1NC. The standard InChI is InChI=1S/C11H16BrN3O2S/c1-3-7-4-9(7)15-18(16,17)10-5-8(12)6-14-11(10)13-2/h5-7,9,15H,3-4H2,1-2H3,(H,13,14). The summed E-state index contributed by atoms with van der Waals surface area (Å²) in [7, 11) is -1.86. The van der Waals surface area contributed by atoms with Gasteiger partial charge in [0.25, 0.3) is 0 Å². The summed E-state index contributed by atoms with van der Waals surface area (Å²) in [6.07, 6.45) is 3.49. The lowest BCUT2D eigenvalue weighted by molar-refractivity contribution is 0.576. The van der Waals surface area contributed by atoms with Gasteiger partial charge in [-0.05, 0) is 34.3 Å². The minimum absolute atomic E-state index is 0.0729. The highest BCUT2D eigenvalue weighted by molar-refractivity contribution is 9.10. The molecule has 2 N–H and O–H groups in total. The summed E-state index contributed by atoms with van der Waals surface area (Å²) in [4.78, 5) is 4.23. The Morgan fingerprint density at radius 1 is 1.56 bits per heavy atom. The van der Waals surface area contributed by atoms with Gasteiger partial charge in [0.1, 0.15) is 10.7 Å². The van der Waals surface area contributed by atoms with Crippen LogP contribution < -0.4 is 10.0 Å². The molecule has 0 spiro atoms. The Hall–Kier alpha value is -0.660. The molecule has 1 aliphatic rings. The molecular weight excluding hydrogens is 318 g/mol. The molecule has 1 heterocycles. The first-order valence-corrected chi connectivity index (χ1v) is 8.11. The summed E-state index contributed by atoms with van der Waals surface area (Å²) in [5.41, 5.74) is 0. The molecule has 2 unspecified atom stereocenters. The second kappa shape index (κ2) is 5.14. The quantitative estimate of drug-likeness (QED) is 0.864. The highest BCUT2D eigenvalue weighted by atomic mass is 79.9. The predicted molar refractivity (Wildman–Crippen MR) is 74.0 cm³/mol. The molecule has 1 saturated carbocycles. The zero-order valence-corrected chi connectivity index (χ0v) is 12.7. The van der Waals surface area contributed by atoms with E-state index in [9.17, 15) is 8.42 Å². The van der Waals surface area contributed by atoms with Crippen LogP contribution in [0.15, 0.2) is 21.6 Å². The van der Waals surface area contributed by atoms with Crippen LogP contribution in [0.2, 0.25) is 0 Å². The van der Waals surface area contributed by atoms with Gasteiger partial charge in [0, 0.05) is 23.8 Å². The summed E-state index contributed by atoms with van der Waals surface area (Å²) in [5.74, 6) is 0.831. The van der Waals surface area contributed by atoms with Crippen LogP contribution in [-0.2, 0) is 10.0 Å². The molecule has 7 heteroatoms. The van der Waals surface area contributed by atoms with Crippen LogP contribution in [0.3, 0.4) is 0 Å². The zero-order valence-electron chi connectivity index (χ0n) is 10.3. The van der Waals surface area contributed by atoms with Crippen LogP contribution in [0.1, 0.15) is 19.8 Å². The fraction of sp³-hybridized carbons (Fsp3) is 0.545. The largest absolute Gasteiger partial charge is 0.372 e. The van der Waals surface area contributed by atoms with Crippen molar-refractivity contribution in [3.05, 3.63) is 16.7 Å². The maximum absolute atomic E-state index is 12.3. The summed E-state index contributed by atoms with van der Waals surface area (Å²) in [5, 5.41) is 2.80. The van der Waals surface area contributed by atoms with Crippen LogP contribution in [0.25, 0.3) is 0 Å². The molecule has 1 aliphatic carbocycles. The number of sulfonamides is 1. The second-order valence-electron chi connectivity index (χ2n) is 4.38. The van der Waals surface area contributed by atoms with Crippen molar-refractivity contribution >= 4 is 31.8 Å². The van der Waals surface area contributed by atoms with Crippen LogP contribution in [-0.4, -0.2) is 26.5 Å². The van der Waals surface area contributed by atoms with Gasteiger partial charge >= 0.3 is 0 Å². The minimum atomic E-state index is -3.51. The van der Waals surface area contributed by atoms with Crippen molar-refractivity contribution in [1.82, 2.24) is 9.71 Å². The fourth-order valence-electron chi connectivity index (χ4n) is 1.92. The van der Waals surface area contributed by atoms with Crippen LogP contribution in [0.5, 0.6) is 0 Å². The third kappa shape index (κ3) is 2.84. The number of hydrogen-bond donors (Lipinski definition) is 2. The second-order valence-corrected chi connectivity index (χ2v) is 6.98. The highest BCUT2D eigenvalue weighted by Crippen LogP contribution is 2.35. The zero-order chi connectivity index (χ0) is 13.3. The number of hydrogen-bond acceptors (Lipinski definition) is 4. The van der Waals surface area contributed by atoms with Crippen molar-refractivity contribution in [3.63, 3.8) is 0 Å². The molecule has 2 atom stereocenters. The van der Waals surface area contributed by atoms with Crippen molar-refractivity contribution in [2.75, 3.05) is 12.4 Å². The number of pyridine rings is 1. The van der Waals surface area contributed by atoms with E-state index in [0.29, 0.717) is 16.2 Å². The molecular formula is C11H16BrN3O2S. The third-order valence-corrected chi connectivity index (χ3v) is 5.04. The van der Waals surface area contributed by atoms with Crippen molar-refractivity contribution in [1.29, 1.82) is 0 Å².